The minimum Gasteiger partial charge on any atom is -0.0891 e. The summed E-state index contributed by atoms with van der Waals surface area (Å²) in [6.45, 7) is 3.88. The van der Waals surface area contributed by atoms with E-state index in [1.54, 1.807) is 0 Å². The fourth-order valence-corrected chi connectivity index (χ4v) is 2.51. The molecular formula is C19H34. The van der Waals surface area contributed by atoms with Gasteiger partial charge in [0.25, 0.3) is 0 Å². The lowest BCUT2D eigenvalue weighted by Gasteiger charge is -2.02. The molecule has 2 radical (unpaired) electrons. The summed E-state index contributed by atoms with van der Waals surface area (Å²) in [5.74, 6) is 2.46. The molecule has 0 unspecified atom stereocenters. The highest BCUT2D eigenvalue weighted by Gasteiger charge is 1.93. The Labute approximate surface area is 122 Å². The Morgan fingerprint density at radius 1 is 0.526 bits per heavy atom. The largest absolute Gasteiger partial charge is 0.0891 e. The molecule has 0 nitrogen and oxygen atoms in total. The van der Waals surface area contributed by atoms with Gasteiger partial charge in [-0.05, 0) is 12.8 Å². The maximum atomic E-state index is 6.82. The minimum absolute atomic E-state index is 0.856. The Balaban J connectivity index is 2.90. The molecule has 0 aliphatic heterocycles. The average Bonchev–Trinajstić information content (AvgIpc) is 2.43. The van der Waals surface area contributed by atoms with Gasteiger partial charge in [0.2, 0.25) is 0 Å². The Morgan fingerprint density at radius 2 is 0.842 bits per heavy atom. The topological polar surface area (TPSA) is 0 Å². The molecule has 0 rings (SSSR count). The molecule has 0 amide bonds. The molecule has 19 heavy (non-hydrogen) atoms. The summed E-state index contributed by atoms with van der Waals surface area (Å²) in [6.07, 6.45) is 28.2. The third kappa shape index (κ3) is 17.6. The fourth-order valence-electron chi connectivity index (χ4n) is 2.51. The monoisotopic (exact) mass is 262 g/mol. The van der Waals surface area contributed by atoms with Gasteiger partial charge < -0.3 is 0 Å². The van der Waals surface area contributed by atoms with Crippen LogP contribution in [0.4, 0.5) is 0 Å². The molecule has 0 fully saturated rings. The van der Waals surface area contributed by atoms with Gasteiger partial charge in [-0.1, -0.05) is 103 Å². The second-order valence-electron chi connectivity index (χ2n) is 5.73. The SMILES string of the molecule is [C]#CCCCCCCCCCCCCCCCC[CH2]. The van der Waals surface area contributed by atoms with E-state index in [1.807, 2.05) is 0 Å². The van der Waals surface area contributed by atoms with Crippen molar-refractivity contribution in [1.82, 2.24) is 0 Å². The van der Waals surface area contributed by atoms with Crippen molar-refractivity contribution in [3.05, 3.63) is 13.3 Å². The standard InChI is InChI=1S/C19H34/c1-3-5-7-9-11-13-15-17-19-18-16-14-12-10-8-6-4-2/h1,3,5-19H2. The molecule has 0 heterocycles. The first-order valence-corrected chi connectivity index (χ1v) is 8.60. The summed E-state index contributed by atoms with van der Waals surface area (Å²) < 4.78 is 0. The van der Waals surface area contributed by atoms with Crippen molar-refractivity contribution in [3.8, 4) is 5.92 Å². The van der Waals surface area contributed by atoms with E-state index < -0.39 is 0 Å². The van der Waals surface area contributed by atoms with Crippen LogP contribution in [0.3, 0.4) is 0 Å². The number of hydrogen-bond donors (Lipinski definition) is 0. The zero-order valence-electron chi connectivity index (χ0n) is 13.0. The molecule has 0 atom stereocenters. The summed E-state index contributed by atoms with van der Waals surface area (Å²) in [5.41, 5.74) is 0. The first-order chi connectivity index (χ1) is 9.41. The molecule has 0 N–H and O–H groups in total. The maximum Gasteiger partial charge on any atom is 0.00989 e. The van der Waals surface area contributed by atoms with Crippen LogP contribution in [0.25, 0.3) is 0 Å². The van der Waals surface area contributed by atoms with E-state index in [0.717, 1.165) is 19.3 Å². The van der Waals surface area contributed by atoms with Crippen LogP contribution in [0.1, 0.15) is 103 Å². The molecule has 0 spiro atoms. The van der Waals surface area contributed by atoms with Gasteiger partial charge in [0.1, 0.15) is 0 Å². The Morgan fingerprint density at radius 3 is 1.16 bits per heavy atom. The first kappa shape index (κ1) is 18.6. The molecule has 0 aliphatic rings. The molecule has 0 bridgehead atoms. The molecule has 0 aromatic heterocycles. The predicted octanol–water partition coefficient (Wildman–Crippen LogP) is 6.65. The lowest BCUT2D eigenvalue weighted by molar-refractivity contribution is 0.534. The van der Waals surface area contributed by atoms with Gasteiger partial charge in [-0.25, -0.2) is 0 Å². The van der Waals surface area contributed by atoms with Crippen molar-refractivity contribution in [2.75, 3.05) is 0 Å². The fraction of sp³-hybridized carbons (Fsp3) is 0.842. The van der Waals surface area contributed by atoms with Gasteiger partial charge in [-0.3, -0.25) is 0 Å². The molecule has 110 valence electrons. The molecule has 0 aromatic rings. The minimum atomic E-state index is 0.856. The number of hydrogen-bond acceptors (Lipinski definition) is 0. The van der Waals surface area contributed by atoms with Crippen LogP contribution in [0, 0.1) is 19.3 Å². The Bertz CT molecular complexity index is 187. The normalized spacial score (nSPS) is 10.5. The predicted molar refractivity (Wildman–Crippen MR) is 86.4 cm³/mol. The second-order valence-corrected chi connectivity index (χ2v) is 5.73. The summed E-state index contributed by atoms with van der Waals surface area (Å²) in [5, 5.41) is 0. The molecule has 0 aliphatic carbocycles. The van der Waals surface area contributed by atoms with E-state index in [1.165, 1.54) is 83.5 Å². The quantitative estimate of drug-likeness (QED) is 0.229. The van der Waals surface area contributed by atoms with Crippen molar-refractivity contribution in [1.29, 1.82) is 0 Å². The molecule has 0 heteroatoms. The summed E-state index contributed by atoms with van der Waals surface area (Å²) in [6, 6.07) is 0. The molecule has 0 aromatic carbocycles. The van der Waals surface area contributed by atoms with E-state index in [0.29, 0.717) is 0 Å². The van der Waals surface area contributed by atoms with Crippen molar-refractivity contribution >= 4 is 0 Å². The number of rotatable bonds is 15. The third-order valence-electron chi connectivity index (χ3n) is 3.80. The van der Waals surface area contributed by atoms with Crippen molar-refractivity contribution in [2.45, 2.75) is 103 Å². The van der Waals surface area contributed by atoms with Gasteiger partial charge in [-0.15, -0.1) is 0 Å². The molecule has 0 saturated heterocycles. The van der Waals surface area contributed by atoms with Gasteiger partial charge in [0.15, 0.2) is 0 Å². The second kappa shape index (κ2) is 17.6. The Hall–Kier alpha value is -0.440. The lowest BCUT2D eigenvalue weighted by atomic mass is 10.0. The van der Waals surface area contributed by atoms with Crippen LogP contribution in [-0.4, -0.2) is 0 Å². The Kier molecular flexibility index (Phi) is 17.2. The van der Waals surface area contributed by atoms with Crippen LogP contribution in [0.2, 0.25) is 0 Å². The molecular weight excluding hydrogens is 228 g/mol. The van der Waals surface area contributed by atoms with E-state index >= 15 is 0 Å². The zero-order valence-corrected chi connectivity index (χ0v) is 13.0. The third-order valence-corrected chi connectivity index (χ3v) is 3.80. The summed E-state index contributed by atoms with van der Waals surface area (Å²) in [7, 11) is 0. The average molecular weight is 262 g/mol. The highest BCUT2D eigenvalue weighted by molar-refractivity contribution is 4.74. The smallest absolute Gasteiger partial charge is 0.00989 e. The molecule has 0 saturated carbocycles. The van der Waals surface area contributed by atoms with Gasteiger partial charge in [0.05, 0.1) is 0 Å². The zero-order chi connectivity index (χ0) is 14.0. The first-order valence-electron chi connectivity index (χ1n) is 8.60. The van der Waals surface area contributed by atoms with E-state index in [-0.39, 0.29) is 0 Å². The summed E-state index contributed by atoms with van der Waals surface area (Å²) in [4.78, 5) is 0. The van der Waals surface area contributed by atoms with Crippen LogP contribution in [-0.2, 0) is 0 Å². The lowest BCUT2D eigenvalue weighted by Crippen LogP contribution is -1.83. The van der Waals surface area contributed by atoms with Gasteiger partial charge in [-0.2, -0.15) is 0 Å². The van der Waals surface area contributed by atoms with E-state index in [2.05, 4.69) is 12.8 Å². The summed E-state index contributed by atoms with van der Waals surface area (Å²) >= 11 is 0. The highest BCUT2D eigenvalue weighted by atomic mass is 14.0. The van der Waals surface area contributed by atoms with Crippen molar-refractivity contribution < 1.29 is 0 Å². The van der Waals surface area contributed by atoms with E-state index in [9.17, 15) is 0 Å². The van der Waals surface area contributed by atoms with Crippen LogP contribution < -0.4 is 0 Å². The van der Waals surface area contributed by atoms with Crippen LogP contribution in [0.5, 0.6) is 0 Å². The maximum absolute atomic E-state index is 6.82. The van der Waals surface area contributed by atoms with Crippen molar-refractivity contribution in [3.63, 3.8) is 0 Å². The number of unbranched alkanes of at least 4 members (excludes halogenated alkanes) is 15. The highest BCUT2D eigenvalue weighted by Crippen LogP contribution is 2.13. The van der Waals surface area contributed by atoms with Crippen LogP contribution in [0.15, 0.2) is 0 Å². The van der Waals surface area contributed by atoms with Crippen LogP contribution >= 0.6 is 0 Å². The van der Waals surface area contributed by atoms with Crippen molar-refractivity contribution in [2.24, 2.45) is 0 Å². The van der Waals surface area contributed by atoms with E-state index in [4.69, 9.17) is 6.42 Å². The van der Waals surface area contributed by atoms with Gasteiger partial charge >= 0.3 is 0 Å². The van der Waals surface area contributed by atoms with Gasteiger partial charge in [0, 0.05) is 6.42 Å².